The topological polar surface area (TPSA) is 79.4 Å². The van der Waals surface area contributed by atoms with Crippen molar-refractivity contribution < 1.29 is 13.9 Å². The van der Waals surface area contributed by atoms with Crippen LogP contribution in [0, 0.1) is 5.82 Å². The van der Waals surface area contributed by atoms with E-state index in [4.69, 9.17) is 4.74 Å². The number of amides is 1. The maximum absolute atomic E-state index is 13.1. The van der Waals surface area contributed by atoms with E-state index in [1.807, 2.05) is 6.07 Å². The minimum Gasteiger partial charge on any atom is -0.378 e. The van der Waals surface area contributed by atoms with Crippen LogP contribution in [0.4, 0.5) is 16.0 Å². The smallest absolute Gasteiger partial charge is 0.230 e. The zero-order valence-corrected chi connectivity index (χ0v) is 15.7. The van der Waals surface area contributed by atoms with E-state index in [2.05, 4.69) is 25.5 Å². The quantitative estimate of drug-likeness (QED) is 0.707. The first-order valence-corrected chi connectivity index (χ1v) is 9.60. The van der Waals surface area contributed by atoms with E-state index in [0.29, 0.717) is 26.3 Å². The lowest BCUT2D eigenvalue weighted by Crippen LogP contribution is -2.37. The van der Waals surface area contributed by atoms with Gasteiger partial charge >= 0.3 is 0 Å². The molecule has 1 saturated carbocycles. The monoisotopic (exact) mass is 385 g/mol. The number of nitrogens with one attached hydrogen (secondary N) is 2. The second-order valence-electron chi connectivity index (χ2n) is 7.13. The molecule has 1 aliphatic carbocycles. The van der Waals surface area contributed by atoms with Crippen LogP contribution in [0.25, 0.3) is 0 Å². The number of ether oxygens (including phenoxy) is 1. The molecule has 28 heavy (non-hydrogen) atoms. The Morgan fingerprint density at radius 1 is 1.14 bits per heavy atom. The van der Waals surface area contributed by atoms with Gasteiger partial charge < -0.3 is 20.3 Å². The molecule has 1 saturated heterocycles. The van der Waals surface area contributed by atoms with Crippen LogP contribution >= 0.6 is 0 Å². The number of anilines is 2. The van der Waals surface area contributed by atoms with E-state index in [1.54, 1.807) is 18.5 Å². The van der Waals surface area contributed by atoms with Crippen LogP contribution in [0.15, 0.2) is 36.7 Å². The molecule has 7 nitrogen and oxygen atoms in total. The molecule has 1 amide bonds. The van der Waals surface area contributed by atoms with Gasteiger partial charge in [-0.25, -0.2) is 14.4 Å². The molecule has 2 fully saturated rings. The van der Waals surface area contributed by atoms with Crippen LogP contribution < -0.4 is 15.5 Å². The van der Waals surface area contributed by atoms with Gasteiger partial charge in [0, 0.05) is 32.2 Å². The van der Waals surface area contributed by atoms with Gasteiger partial charge in [0.2, 0.25) is 5.91 Å². The van der Waals surface area contributed by atoms with Crippen molar-refractivity contribution in [1.29, 1.82) is 0 Å². The molecule has 0 spiro atoms. The molecule has 1 aromatic heterocycles. The molecular weight excluding hydrogens is 361 g/mol. The maximum Gasteiger partial charge on any atom is 0.230 e. The molecule has 2 aromatic rings. The van der Waals surface area contributed by atoms with Crippen molar-refractivity contribution >= 4 is 17.5 Å². The lowest BCUT2D eigenvalue weighted by atomic mass is 9.95. The summed E-state index contributed by atoms with van der Waals surface area (Å²) in [6, 6.07) is 8.13. The van der Waals surface area contributed by atoms with Crippen LogP contribution in [-0.4, -0.2) is 55.3 Å². The number of hydrogen-bond donors (Lipinski definition) is 2. The summed E-state index contributed by atoms with van der Waals surface area (Å²) in [4.78, 5) is 23.3. The van der Waals surface area contributed by atoms with E-state index >= 15 is 0 Å². The molecular formula is C20H24FN5O2. The molecule has 148 valence electrons. The highest BCUT2D eigenvalue weighted by Gasteiger charge is 2.50. The second kappa shape index (κ2) is 8.10. The fourth-order valence-electron chi connectivity index (χ4n) is 3.49. The Bertz CT molecular complexity index is 820. The number of carbonyl (C=O) groups excluding carboxylic acids is 1. The number of hydrogen-bond acceptors (Lipinski definition) is 6. The van der Waals surface area contributed by atoms with Crippen LogP contribution in [0.5, 0.6) is 0 Å². The lowest BCUT2D eigenvalue weighted by Gasteiger charge is -2.27. The summed E-state index contributed by atoms with van der Waals surface area (Å²) in [5.41, 5.74) is 0.386. The first-order chi connectivity index (χ1) is 13.7. The summed E-state index contributed by atoms with van der Waals surface area (Å²) in [6.07, 6.45) is 3.14. The zero-order valence-electron chi connectivity index (χ0n) is 15.7. The number of aromatic nitrogens is 2. The molecule has 0 atom stereocenters. The standard InChI is InChI=1S/C20H24FN5O2/c21-16-3-1-15(2-4-16)20(5-6-20)19(27)23-8-7-22-17-13-18(25-14-24-17)26-9-11-28-12-10-26/h1-4,13-14H,5-12H2,(H,23,27)(H,22,24,25). The molecule has 2 aliphatic rings. The van der Waals surface area contributed by atoms with E-state index in [9.17, 15) is 9.18 Å². The van der Waals surface area contributed by atoms with Crippen molar-refractivity contribution in [3.05, 3.63) is 48.0 Å². The Balaban J connectivity index is 1.27. The maximum atomic E-state index is 13.1. The lowest BCUT2D eigenvalue weighted by molar-refractivity contribution is -0.123. The third-order valence-corrected chi connectivity index (χ3v) is 5.29. The first kappa shape index (κ1) is 18.6. The zero-order chi connectivity index (χ0) is 19.4. The Hall–Kier alpha value is -2.74. The van der Waals surface area contributed by atoms with Gasteiger partial charge in [-0.2, -0.15) is 0 Å². The summed E-state index contributed by atoms with van der Waals surface area (Å²) >= 11 is 0. The molecule has 0 bridgehead atoms. The van der Waals surface area contributed by atoms with Gasteiger partial charge in [-0.15, -0.1) is 0 Å². The summed E-state index contributed by atoms with van der Waals surface area (Å²) in [5.74, 6) is 1.31. The largest absolute Gasteiger partial charge is 0.378 e. The Kier molecular flexibility index (Phi) is 5.38. The Morgan fingerprint density at radius 3 is 2.61 bits per heavy atom. The number of rotatable bonds is 7. The number of benzene rings is 1. The molecule has 1 aromatic carbocycles. The molecule has 2 heterocycles. The number of halogens is 1. The van der Waals surface area contributed by atoms with E-state index < -0.39 is 5.41 Å². The van der Waals surface area contributed by atoms with Gasteiger partial charge in [0.1, 0.15) is 23.8 Å². The van der Waals surface area contributed by atoms with Crippen molar-refractivity contribution in [2.75, 3.05) is 49.6 Å². The van der Waals surface area contributed by atoms with Crippen LogP contribution in [0.2, 0.25) is 0 Å². The van der Waals surface area contributed by atoms with Gasteiger partial charge in [-0.3, -0.25) is 4.79 Å². The van der Waals surface area contributed by atoms with Crippen molar-refractivity contribution in [2.24, 2.45) is 0 Å². The molecule has 8 heteroatoms. The molecule has 4 rings (SSSR count). The van der Waals surface area contributed by atoms with Crippen molar-refractivity contribution in [3.8, 4) is 0 Å². The van der Waals surface area contributed by atoms with Gasteiger partial charge in [-0.05, 0) is 30.5 Å². The summed E-state index contributed by atoms with van der Waals surface area (Å²) in [5, 5.41) is 6.21. The van der Waals surface area contributed by atoms with E-state index in [0.717, 1.165) is 43.1 Å². The average molecular weight is 385 g/mol. The fourth-order valence-corrected chi connectivity index (χ4v) is 3.49. The van der Waals surface area contributed by atoms with Crippen LogP contribution in [0.1, 0.15) is 18.4 Å². The summed E-state index contributed by atoms with van der Waals surface area (Å²) in [6.45, 7) is 4.09. The highest BCUT2D eigenvalue weighted by atomic mass is 19.1. The number of nitrogens with zero attached hydrogens (tertiary/aromatic N) is 3. The predicted octanol–water partition coefficient (Wildman–Crippen LogP) is 1.71. The SMILES string of the molecule is O=C(NCCNc1cc(N2CCOCC2)ncn1)C1(c2ccc(F)cc2)CC1. The third kappa shape index (κ3) is 4.06. The highest BCUT2D eigenvalue weighted by Crippen LogP contribution is 2.48. The average Bonchev–Trinajstić information content (AvgIpc) is 3.55. The molecule has 1 aliphatic heterocycles. The van der Waals surface area contributed by atoms with Gasteiger partial charge in [-0.1, -0.05) is 12.1 Å². The Morgan fingerprint density at radius 2 is 1.89 bits per heavy atom. The first-order valence-electron chi connectivity index (χ1n) is 9.60. The Labute approximate surface area is 163 Å². The van der Waals surface area contributed by atoms with Gasteiger partial charge in [0.15, 0.2) is 0 Å². The third-order valence-electron chi connectivity index (χ3n) is 5.29. The molecule has 0 radical (unpaired) electrons. The van der Waals surface area contributed by atoms with Crippen LogP contribution in [-0.2, 0) is 14.9 Å². The fraction of sp³-hybridized carbons (Fsp3) is 0.450. The van der Waals surface area contributed by atoms with E-state index in [1.165, 1.54) is 12.1 Å². The molecule has 0 unspecified atom stereocenters. The minimum atomic E-state index is -0.494. The summed E-state index contributed by atoms with van der Waals surface area (Å²) < 4.78 is 18.5. The number of morpholine rings is 1. The van der Waals surface area contributed by atoms with Gasteiger partial charge in [0.05, 0.1) is 18.6 Å². The summed E-state index contributed by atoms with van der Waals surface area (Å²) in [7, 11) is 0. The van der Waals surface area contributed by atoms with Gasteiger partial charge in [0.25, 0.3) is 0 Å². The number of carbonyl (C=O) groups is 1. The second-order valence-corrected chi connectivity index (χ2v) is 7.13. The van der Waals surface area contributed by atoms with Crippen molar-refractivity contribution in [2.45, 2.75) is 18.3 Å². The molecule has 2 N–H and O–H groups in total. The minimum absolute atomic E-state index is 0.00222. The van der Waals surface area contributed by atoms with Crippen molar-refractivity contribution in [3.63, 3.8) is 0 Å². The highest BCUT2D eigenvalue weighted by molar-refractivity contribution is 5.91. The van der Waals surface area contributed by atoms with Crippen molar-refractivity contribution in [1.82, 2.24) is 15.3 Å². The van der Waals surface area contributed by atoms with Crippen LogP contribution in [0.3, 0.4) is 0 Å². The van der Waals surface area contributed by atoms with E-state index in [-0.39, 0.29) is 11.7 Å². The predicted molar refractivity (Wildman–Crippen MR) is 104 cm³/mol. The normalized spacial score (nSPS) is 17.8.